The summed E-state index contributed by atoms with van der Waals surface area (Å²) >= 11 is 0. The quantitative estimate of drug-likeness (QED) is 0.560. The zero-order chi connectivity index (χ0) is 18.1. The predicted molar refractivity (Wildman–Crippen MR) is 103 cm³/mol. The molecule has 0 fully saturated rings. The number of H-pyrrole nitrogens is 1. The van der Waals surface area contributed by atoms with Crippen LogP contribution in [0.25, 0.3) is 33.4 Å². The van der Waals surface area contributed by atoms with Gasteiger partial charge in [0.2, 0.25) is 0 Å². The lowest BCUT2D eigenvalue weighted by atomic mass is 10.0. The van der Waals surface area contributed by atoms with Crippen LogP contribution in [0.4, 0.5) is 0 Å². The van der Waals surface area contributed by atoms with Crippen LogP contribution in [-0.4, -0.2) is 15.8 Å². The van der Waals surface area contributed by atoms with Gasteiger partial charge in [-0.25, -0.2) is 4.98 Å². The van der Waals surface area contributed by atoms with Crippen molar-refractivity contribution in [1.82, 2.24) is 9.97 Å². The highest BCUT2D eigenvalue weighted by molar-refractivity contribution is 5.95. The molecule has 4 rings (SSSR count). The largest absolute Gasteiger partial charge is 0.306 e. The molecule has 0 spiro atoms. The van der Waals surface area contributed by atoms with Crippen LogP contribution in [0.15, 0.2) is 77.6 Å². The summed E-state index contributed by atoms with van der Waals surface area (Å²) in [6.45, 7) is 1.51. The number of Topliss-reactive ketones (excluding diaryl/α,β-unsaturated/α-hetero) is 1. The summed E-state index contributed by atoms with van der Waals surface area (Å²) < 4.78 is 0. The lowest BCUT2D eigenvalue weighted by Gasteiger charge is -2.07. The summed E-state index contributed by atoms with van der Waals surface area (Å²) in [5, 5.41) is 0.540. The molecule has 3 aromatic carbocycles. The van der Waals surface area contributed by atoms with Crippen molar-refractivity contribution >= 4 is 16.7 Å². The average Bonchev–Trinajstić information content (AvgIpc) is 2.68. The first-order valence-electron chi connectivity index (χ1n) is 8.33. The molecule has 0 aliphatic carbocycles. The third kappa shape index (κ3) is 2.93. The van der Waals surface area contributed by atoms with Crippen molar-refractivity contribution in [2.24, 2.45) is 0 Å². The van der Waals surface area contributed by atoms with Crippen LogP contribution in [0, 0.1) is 0 Å². The number of carbonyl (C=O) groups is 1. The number of carbonyl (C=O) groups excluding carboxylic acids is 1. The number of nitrogens with one attached hydrogen (secondary N) is 1. The summed E-state index contributed by atoms with van der Waals surface area (Å²) in [4.78, 5) is 31.6. The van der Waals surface area contributed by atoms with Gasteiger partial charge in [0.25, 0.3) is 5.56 Å². The Labute approximate surface area is 150 Å². The first-order valence-corrected chi connectivity index (χ1v) is 8.33. The number of benzene rings is 3. The van der Waals surface area contributed by atoms with E-state index in [1.54, 1.807) is 18.2 Å². The minimum atomic E-state index is -0.198. The van der Waals surface area contributed by atoms with E-state index in [2.05, 4.69) is 9.97 Å². The van der Waals surface area contributed by atoms with Crippen molar-refractivity contribution in [1.29, 1.82) is 0 Å². The standard InChI is InChI=1S/C22H16N2O2/c1-14(25)16-8-5-9-18(12-16)21-23-20-11-10-17(13-19(20)22(26)24-21)15-6-3-2-4-7-15/h2-13H,1H3,(H,23,24,26). The van der Waals surface area contributed by atoms with Crippen molar-refractivity contribution in [3.63, 3.8) is 0 Å². The number of hydrogen-bond donors (Lipinski definition) is 1. The SMILES string of the molecule is CC(=O)c1cccc(-c2nc3ccc(-c4ccccc4)cc3c(=O)[nH]2)c1. The lowest BCUT2D eigenvalue weighted by molar-refractivity contribution is 0.101. The van der Waals surface area contributed by atoms with Crippen LogP contribution >= 0.6 is 0 Å². The molecule has 0 saturated carbocycles. The molecule has 0 radical (unpaired) electrons. The molecule has 0 amide bonds. The first kappa shape index (κ1) is 16.0. The zero-order valence-electron chi connectivity index (χ0n) is 14.2. The maximum Gasteiger partial charge on any atom is 0.259 e. The molecule has 0 saturated heterocycles. The van der Waals surface area contributed by atoms with Crippen LogP contribution in [0.3, 0.4) is 0 Å². The summed E-state index contributed by atoms with van der Waals surface area (Å²) in [7, 11) is 0. The van der Waals surface area contributed by atoms with Crippen LogP contribution in [0.2, 0.25) is 0 Å². The van der Waals surface area contributed by atoms with Crippen LogP contribution < -0.4 is 5.56 Å². The van der Waals surface area contributed by atoms with Crippen molar-refractivity contribution in [3.8, 4) is 22.5 Å². The van der Waals surface area contributed by atoms with E-state index >= 15 is 0 Å². The van der Waals surface area contributed by atoms with E-state index in [-0.39, 0.29) is 11.3 Å². The van der Waals surface area contributed by atoms with E-state index in [0.29, 0.717) is 27.9 Å². The number of ketones is 1. The van der Waals surface area contributed by atoms with E-state index in [4.69, 9.17) is 0 Å². The molecular formula is C22H16N2O2. The van der Waals surface area contributed by atoms with Gasteiger partial charge >= 0.3 is 0 Å². The number of aromatic nitrogens is 2. The van der Waals surface area contributed by atoms with Gasteiger partial charge in [0.05, 0.1) is 10.9 Å². The first-order chi connectivity index (χ1) is 12.6. The number of aromatic amines is 1. The molecule has 4 heteroatoms. The third-order valence-electron chi connectivity index (χ3n) is 4.36. The number of fused-ring (bicyclic) bond motifs is 1. The molecule has 1 N–H and O–H groups in total. The molecule has 0 unspecified atom stereocenters. The van der Waals surface area contributed by atoms with Gasteiger partial charge in [-0.05, 0) is 36.2 Å². The van der Waals surface area contributed by atoms with Crippen LogP contribution in [0.5, 0.6) is 0 Å². The molecule has 26 heavy (non-hydrogen) atoms. The summed E-state index contributed by atoms with van der Waals surface area (Å²) in [6, 6.07) is 22.7. The van der Waals surface area contributed by atoms with E-state index in [1.807, 2.05) is 54.6 Å². The molecule has 4 aromatic rings. The Morgan fingerprint density at radius 2 is 1.62 bits per heavy atom. The summed E-state index contributed by atoms with van der Waals surface area (Å²) in [5.74, 6) is 0.431. The Morgan fingerprint density at radius 3 is 2.38 bits per heavy atom. The fourth-order valence-corrected chi connectivity index (χ4v) is 2.97. The molecule has 4 nitrogen and oxygen atoms in total. The second kappa shape index (κ2) is 6.41. The summed E-state index contributed by atoms with van der Waals surface area (Å²) in [6.07, 6.45) is 0. The van der Waals surface area contributed by atoms with Gasteiger partial charge in [0.15, 0.2) is 5.78 Å². The monoisotopic (exact) mass is 340 g/mol. The van der Waals surface area contributed by atoms with Gasteiger partial charge < -0.3 is 4.98 Å². The molecule has 126 valence electrons. The number of hydrogen-bond acceptors (Lipinski definition) is 3. The Kier molecular flexibility index (Phi) is 3.93. The lowest BCUT2D eigenvalue weighted by Crippen LogP contribution is -2.10. The van der Waals surface area contributed by atoms with Gasteiger partial charge in [-0.3, -0.25) is 9.59 Å². The van der Waals surface area contributed by atoms with Crippen molar-refractivity contribution in [2.75, 3.05) is 0 Å². The van der Waals surface area contributed by atoms with Crippen LogP contribution in [-0.2, 0) is 0 Å². The average molecular weight is 340 g/mol. The highest BCUT2D eigenvalue weighted by Gasteiger charge is 2.09. The second-order valence-electron chi connectivity index (χ2n) is 6.15. The minimum Gasteiger partial charge on any atom is -0.306 e. The van der Waals surface area contributed by atoms with Gasteiger partial charge in [0, 0.05) is 11.1 Å². The maximum absolute atomic E-state index is 12.6. The Hall–Kier alpha value is -3.53. The topological polar surface area (TPSA) is 62.8 Å². The minimum absolute atomic E-state index is 0.0255. The number of nitrogens with zero attached hydrogens (tertiary/aromatic N) is 1. The molecule has 1 aromatic heterocycles. The van der Waals surface area contributed by atoms with Gasteiger partial charge in [-0.2, -0.15) is 0 Å². The maximum atomic E-state index is 12.6. The fraction of sp³-hybridized carbons (Fsp3) is 0.0455. The summed E-state index contributed by atoms with van der Waals surface area (Å²) in [5.41, 5.74) is 3.74. The molecular weight excluding hydrogens is 324 g/mol. The highest BCUT2D eigenvalue weighted by Crippen LogP contribution is 2.23. The normalized spacial score (nSPS) is 10.8. The fourth-order valence-electron chi connectivity index (χ4n) is 2.97. The van der Waals surface area contributed by atoms with Crippen molar-refractivity contribution < 1.29 is 4.79 Å². The van der Waals surface area contributed by atoms with Crippen LogP contribution in [0.1, 0.15) is 17.3 Å². The Bertz CT molecular complexity index is 1180. The Morgan fingerprint density at radius 1 is 0.846 bits per heavy atom. The molecule has 0 aliphatic rings. The Balaban J connectivity index is 1.84. The van der Waals surface area contributed by atoms with Crippen molar-refractivity contribution in [3.05, 3.63) is 88.7 Å². The van der Waals surface area contributed by atoms with E-state index in [9.17, 15) is 9.59 Å². The highest BCUT2D eigenvalue weighted by atomic mass is 16.1. The zero-order valence-corrected chi connectivity index (χ0v) is 14.2. The third-order valence-corrected chi connectivity index (χ3v) is 4.36. The second-order valence-corrected chi connectivity index (χ2v) is 6.15. The van der Waals surface area contributed by atoms with Gasteiger partial charge in [-0.1, -0.05) is 54.6 Å². The molecule has 1 heterocycles. The smallest absolute Gasteiger partial charge is 0.259 e. The molecule has 0 bridgehead atoms. The molecule has 0 atom stereocenters. The van der Waals surface area contributed by atoms with Gasteiger partial charge in [0.1, 0.15) is 5.82 Å². The van der Waals surface area contributed by atoms with E-state index in [0.717, 1.165) is 11.1 Å². The van der Waals surface area contributed by atoms with Crippen molar-refractivity contribution in [2.45, 2.75) is 6.92 Å². The van der Waals surface area contributed by atoms with Gasteiger partial charge in [-0.15, -0.1) is 0 Å². The number of rotatable bonds is 3. The van der Waals surface area contributed by atoms with E-state index in [1.165, 1.54) is 6.92 Å². The predicted octanol–water partition coefficient (Wildman–Crippen LogP) is 4.46. The molecule has 0 aliphatic heterocycles. The van der Waals surface area contributed by atoms with E-state index < -0.39 is 0 Å².